The van der Waals surface area contributed by atoms with Crippen LogP contribution in [0.2, 0.25) is 0 Å². The average molecular weight is 209 g/mol. The second-order valence-corrected chi connectivity index (χ2v) is 3.19. The van der Waals surface area contributed by atoms with Crippen molar-refractivity contribution in [3.8, 4) is 0 Å². The first kappa shape index (κ1) is 8.90. The monoisotopic (exact) mass is 208 g/mol. The summed E-state index contributed by atoms with van der Waals surface area (Å²) in [6.45, 7) is 0. The fourth-order valence-corrected chi connectivity index (χ4v) is 1.45. The third kappa shape index (κ3) is 1.04. The number of allylic oxidation sites excluding steroid dienone is 2. The molecule has 0 atom stereocenters. The van der Waals surface area contributed by atoms with E-state index < -0.39 is 11.6 Å². The Hall–Kier alpha value is -1.68. The molecule has 0 unspecified atom stereocenters. The first-order valence-electron chi connectivity index (χ1n) is 3.81. The lowest BCUT2D eigenvalue weighted by Gasteiger charge is -2.13. The van der Waals surface area contributed by atoms with Crippen LogP contribution < -0.4 is 5.73 Å². The Balaban J connectivity index is 2.73. The van der Waals surface area contributed by atoms with Crippen LogP contribution in [0.15, 0.2) is 29.2 Å². The lowest BCUT2D eigenvalue weighted by Crippen LogP contribution is -2.24. The van der Waals surface area contributed by atoms with Crippen molar-refractivity contribution in [3.63, 3.8) is 0 Å². The molecule has 1 aliphatic carbocycles. The minimum atomic E-state index is -0.447. The fraction of sp³-hybridized carbons (Fsp3) is 0. The molecule has 0 bridgehead atoms. The topological polar surface area (TPSA) is 73.1 Å². The van der Waals surface area contributed by atoms with Crippen molar-refractivity contribution in [2.75, 3.05) is 0 Å². The molecule has 14 heavy (non-hydrogen) atoms. The average Bonchev–Trinajstić information content (AvgIpc) is 2.23. The Morgan fingerprint density at radius 3 is 2.64 bits per heavy atom. The van der Waals surface area contributed by atoms with E-state index in [1.165, 1.54) is 18.5 Å². The van der Waals surface area contributed by atoms with E-state index in [-0.39, 0.29) is 21.9 Å². The lowest BCUT2D eigenvalue weighted by molar-refractivity contribution is 0.0979. The number of halogens is 1. The molecule has 0 spiro atoms. The van der Waals surface area contributed by atoms with Gasteiger partial charge in [0.25, 0.3) is 0 Å². The van der Waals surface area contributed by atoms with Crippen molar-refractivity contribution in [2.45, 2.75) is 0 Å². The van der Waals surface area contributed by atoms with Crippen molar-refractivity contribution >= 4 is 23.2 Å². The largest absolute Gasteiger partial charge is 0.394 e. The number of nitrogens with zero attached hydrogens (tertiary/aromatic N) is 1. The summed E-state index contributed by atoms with van der Waals surface area (Å²) in [5, 5.41) is -0.214. The molecule has 0 amide bonds. The van der Waals surface area contributed by atoms with E-state index in [4.69, 9.17) is 17.3 Å². The Labute approximate surface area is 84.4 Å². The van der Waals surface area contributed by atoms with Crippen LogP contribution >= 0.6 is 11.6 Å². The standard InChI is InChI=1S/C9H5ClN2O2/c10-6-7(11)9(14)5-3-12-2-1-4(5)8(6)13/h1-3H,11H2. The lowest BCUT2D eigenvalue weighted by atomic mass is 9.95. The molecule has 0 saturated carbocycles. The number of fused-ring (bicyclic) bond motifs is 1. The highest BCUT2D eigenvalue weighted by molar-refractivity contribution is 6.49. The van der Waals surface area contributed by atoms with Gasteiger partial charge in [0.05, 0.1) is 5.56 Å². The predicted octanol–water partition coefficient (Wildman–Crippen LogP) is 0.870. The normalized spacial score (nSPS) is 15.8. The number of Topliss-reactive ketones (excluding diaryl/α,β-unsaturated/α-hetero) is 2. The maximum absolute atomic E-state index is 11.5. The summed E-state index contributed by atoms with van der Waals surface area (Å²) in [6.07, 6.45) is 2.74. The van der Waals surface area contributed by atoms with Crippen LogP contribution in [0.3, 0.4) is 0 Å². The molecule has 0 aromatic carbocycles. The number of carbonyl (C=O) groups is 2. The Morgan fingerprint density at radius 2 is 1.93 bits per heavy atom. The molecule has 5 heteroatoms. The minimum absolute atomic E-state index is 0.208. The molecule has 70 valence electrons. The van der Waals surface area contributed by atoms with Gasteiger partial charge in [-0.2, -0.15) is 0 Å². The maximum atomic E-state index is 11.5. The van der Waals surface area contributed by atoms with Gasteiger partial charge >= 0.3 is 0 Å². The molecule has 1 aromatic rings. The van der Waals surface area contributed by atoms with Crippen molar-refractivity contribution < 1.29 is 9.59 Å². The van der Waals surface area contributed by atoms with E-state index in [1.54, 1.807) is 0 Å². The van der Waals surface area contributed by atoms with Gasteiger partial charge in [0.1, 0.15) is 10.7 Å². The summed E-state index contributed by atoms with van der Waals surface area (Å²) in [7, 11) is 0. The molecule has 1 aliphatic rings. The summed E-state index contributed by atoms with van der Waals surface area (Å²) in [5.41, 5.74) is 5.63. The van der Waals surface area contributed by atoms with E-state index >= 15 is 0 Å². The minimum Gasteiger partial charge on any atom is -0.394 e. The number of carbonyl (C=O) groups excluding carboxylic acids is 2. The zero-order valence-corrected chi connectivity index (χ0v) is 7.71. The molecule has 2 N–H and O–H groups in total. The third-order valence-corrected chi connectivity index (χ3v) is 2.37. The molecule has 0 radical (unpaired) electrons. The first-order valence-corrected chi connectivity index (χ1v) is 4.19. The van der Waals surface area contributed by atoms with Gasteiger partial charge in [-0.05, 0) is 6.07 Å². The highest BCUT2D eigenvalue weighted by Gasteiger charge is 2.29. The van der Waals surface area contributed by atoms with Crippen LogP contribution in [-0.4, -0.2) is 16.6 Å². The fourth-order valence-electron chi connectivity index (χ4n) is 1.26. The van der Waals surface area contributed by atoms with Gasteiger partial charge in [0.15, 0.2) is 0 Å². The van der Waals surface area contributed by atoms with E-state index in [1.807, 2.05) is 0 Å². The number of nitrogens with two attached hydrogens (primary N) is 1. The van der Waals surface area contributed by atoms with E-state index in [2.05, 4.69) is 4.98 Å². The summed E-state index contributed by atoms with van der Waals surface area (Å²) >= 11 is 5.60. The molecular weight excluding hydrogens is 204 g/mol. The van der Waals surface area contributed by atoms with Crippen molar-refractivity contribution in [1.82, 2.24) is 4.98 Å². The van der Waals surface area contributed by atoms with Crippen LogP contribution in [0.5, 0.6) is 0 Å². The smallest absolute Gasteiger partial charge is 0.212 e. The number of rotatable bonds is 0. The van der Waals surface area contributed by atoms with Crippen LogP contribution in [0.25, 0.3) is 0 Å². The van der Waals surface area contributed by atoms with E-state index in [0.29, 0.717) is 0 Å². The zero-order valence-electron chi connectivity index (χ0n) is 6.95. The number of aromatic nitrogens is 1. The second-order valence-electron chi connectivity index (χ2n) is 2.81. The Morgan fingerprint density at radius 1 is 1.21 bits per heavy atom. The molecule has 4 nitrogen and oxygen atoms in total. The quantitative estimate of drug-likeness (QED) is 0.687. The van der Waals surface area contributed by atoms with Crippen molar-refractivity contribution in [3.05, 3.63) is 40.3 Å². The van der Waals surface area contributed by atoms with Crippen LogP contribution in [0.4, 0.5) is 0 Å². The summed E-state index contributed by atoms with van der Waals surface area (Å²) in [6, 6.07) is 1.45. The van der Waals surface area contributed by atoms with Gasteiger partial charge in [-0.25, -0.2) is 0 Å². The number of pyridine rings is 1. The predicted molar refractivity (Wildman–Crippen MR) is 50.0 cm³/mol. The molecule has 0 aliphatic heterocycles. The third-order valence-electron chi connectivity index (χ3n) is 1.99. The number of hydrogen-bond donors (Lipinski definition) is 1. The van der Waals surface area contributed by atoms with Gasteiger partial charge in [0, 0.05) is 18.0 Å². The number of hydrogen-bond acceptors (Lipinski definition) is 4. The van der Waals surface area contributed by atoms with Crippen molar-refractivity contribution in [1.29, 1.82) is 0 Å². The Bertz CT molecular complexity index is 436. The molecule has 1 heterocycles. The summed E-state index contributed by atoms with van der Waals surface area (Å²) in [5.74, 6) is -0.876. The highest BCUT2D eigenvalue weighted by atomic mass is 35.5. The van der Waals surface area contributed by atoms with E-state index in [0.717, 1.165) is 0 Å². The van der Waals surface area contributed by atoms with Gasteiger partial charge in [-0.1, -0.05) is 11.6 Å². The molecule has 1 aromatic heterocycles. The summed E-state index contributed by atoms with van der Waals surface area (Å²) < 4.78 is 0. The highest BCUT2D eigenvalue weighted by Crippen LogP contribution is 2.24. The maximum Gasteiger partial charge on any atom is 0.212 e. The van der Waals surface area contributed by atoms with Gasteiger partial charge in [0.2, 0.25) is 11.6 Å². The Kier molecular flexibility index (Phi) is 1.86. The van der Waals surface area contributed by atoms with Crippen LogP contribution in [-0.2, 0) is 0 Å². The molecule has 0 fully saturated rings. The zero-order chi connectivity index (χ0) is 10.3. The van der Waals surface area contributed by atoms with Gasteiger partial charge in [-0.3, -0.25) is 14.6 Å². The van der Waals surface area contributed by atoms with Crippen LogP contribution in [0.1, 0.15) is 20.7 Å². The van der Waals surface area contributed by atoms with Gasteiger partial charge < -0.3 is 5.73 Å². The SMILES string of the molecule is NC1=C(Cl)C(=O)c2ccncc2C1=O. The second kappa shape index (κ2) is 2.92. The van der Waals surface area contributed by atoms with Crippen LogP contribution in [0, 0.1) is 0 Å². The van der Waals surface area contributed by atoms with Gasteiger partial charge in [-0.15, -0.1) is 0 Å². The van der Waals surface area contributed by atoms with Crippen molar-refractivity contribution in [2.24, 2.45) is 5.73 Å². The molecular formula is C9H5ClN2O2. The number of ketones is 2. The molecule has 2 rings (SSSR count). The first-order chi connectivity index (χ1) is 6.63. The summed E-state index contributed by atoms with van der Waals surface area (Å²) in [4.78, 5) is 26.8. The molecule has 0 saturated heterocycles. The van der Waals surface area contributed by atoms with E-state index in [9.17, 15) is 9.59 Å².